The molecule has 2 saturated heterocycles. The molecule has 7 rings (SSSR count). The summed E-state index contributed by atoms with van der Waals surface area (Å²) in [4.78, 5) is 49.2. The van der Waals surface area contributed by atoms with Crippen LogP contribution < -0.4 is 16.4 Å². The molecule has 48 heavy (non-hydrogen) atoms. The molecule has 0 unspecified atom stereocenters. The smallest absolute Gasteiger partial charge is 0.336 e. The van der Waals surface area contributed by atoms with Gasteiger partial charge >= 0.3 is 5.97 Å². The summed E-state index contributed by atoms with van der Waals surface area (Å²) in [6, 6.07) is 22.8. The first-order valence-electron chi connectivity index (χ1n) is 15.5. The van der Waals surface area contributed by atoms with Gasteiger partial charge in [0.15, 0.2) is 12.6 Å². The summed E-state index contributed by atoms with van der Waals surface area (Å²) < 4.78 is 24.8. The van der Waals surface area contributed by atoms with Gasteiger partial charge < -0.3 is 38.5 Å². The number of fused-ring (bicyclic) bond motifs is 2. The van der Waals surface area contributed by atoms with Gasteiger partial charge in [0.2, 0.25) is 0 Å². The maximum Gasteiger partial charge on any atom is 0.336 e. The summed E-state index contributed by atoms with van der Waals surface area (Å²) in [5.41, 5.74) is 3.65. The normalized spacial score (nSPS) is 15.0. The Morgan fingerprint density at radius 3 is 1.62 bits per heavy atom. The lowest BCUT2D eigenvalue weighted by atomic mass is 10.1. The van der Waals surface area contributed by atoms with Crippen LogP contribution in [0.3, 0.4) is 0 Å². The second-order valence-corrected chi connectivity index (χ2v) is 11.5. The minimum atomic E-state index is -1.11. The largest absolute Gasteiger partial charge is 0.478 e. The van der Waals surface area contributed by atoms with Crippen molar-refractivity contribution in [3.05, 3.63) is 122 Å². The standard InChI is InChI=1S/C21H20N2O4.C15H15NO5/c1-14-7-8-16-17(21(25)22-15-5-3-2-4-6-15)12-19(24)23(18(16)11-14)13-20-26-9-10-27-20;1-9-2-3-10-11(15(18)19)7-13(17)16(12(10)6-9)8-14-20-4-5-21-14/h2-8,11-12,20H,9-10,13H2,1H3,(H,22,25);2-3,6-7,14H,4-5,8H2,1H3,(H,18,19). The molecule has 0 bridgehead atoms. The van der Waals surface area contributed by atoms with Crippen molar-refractivity contribution in [3.8, 4) is 0 Å². The van der Waals surface area contributed by atoms with E-state index in [1.807, 2.05) is 56.3 Å². The van der Waals surface area contributed by atoms with Crippen molar-refractivity contribution in [2.24, 2.45) is 0 Å². The van der Waals surface area contributed by atoms with Gasteiger partial charge in [-0.05, 0) is 49.2 Å². The van der Waals surface area contributed by atoms with Gasteiger partial charge in [0.25, 0.3) is 17.0 Å². The Labute approximate surface area is 275 Å². The Bertz CT molecular complexity index is 2090. The average molecular weight is 654 g/mol. The number of nitrogens with zero attached hydrogens (tertiary/aromatic N) is 2. The highest BCUT2D eigenvalue weighted by atomic mass is 16.7. The number of carboxylic acid groups (broad SMARTS) is 1. The fourth-order valence-corrected chi connectivity index (χ4v) is 5.77. The summed E-state index contributed by atoms with van der Waals surface area (Å²) in [7, 11) is 0. The molecule has 0 radical (unpaired) electrons. The molecule has 0 spiro atoms. The van der Waals surface area contributed by atoms with Crippen LogP contribution in [-0.2, 0) is 32.0 Å². The van der Waals surface area contributed by atoms with Gasteiger partial charge in [-0.3, -0.25) is 14.4 Å². The summed E-state index contributed by atoms with van der Waals surface area (Å²) >= 11 is 0. The monoisotopic (exact) mass is 653 g/mol. The quantitative estimate of drug-likeness (QED) is 0.262. The number of aromatic carboxylic acids is 1. The molecule has 248 valence electrons. The number of nitrogens with one attached hydrogen (secondary N) is 1. The number of hydrogen-bond acceptors (Lipinski definition) is 8. The van der Waals surface area contributed by atoms with Crippen LogP contribution in [0, 0.1) is 13.8 Å². The van der Waals surface area contributed by atoms with E-state index in [4.69, 9.17) is 18.9 Å². The number of aromatic nitrogens is 2. The average Bonchev–Trinajstić information content (AvgIpc) is 3.79. The Kier molecular flexibility index (Phi) is 9.78. The number of rotatable bonds is 7. The number of anilines is 1. The van der Waals surface area contributed by atoms with Crippen LogP contribution in [0.5, 0.6) is 0 Å². The number of hydrogen-bond donors (Lipinski definition) is 2. The van der Waals surface area contributed by atoms with E-state index in [0.717, 1.165) is 17.2 Å². The molecule has 2 aromatic heterocycles. The minimum absolute atomic E-state index is 0.0134. The van der Waals surface area contributed by atoms with Gasteiger partial charge in [-0.15, -0.1) is 0 Å². The molecule has 0 saturated carbocycles. The third kappa shape index (κ3) is 7.21. The van der Waals surface area contributed by atoms with E-state index in [1.54, 1.807) is 28.8 Å². The molecule has 5 aromatic rings. The molecular weight excluding hydrogens is 618 g/mol. The van der Waals surface area contributed by atoms with E-state index in [1.165, 1.54) is 10.6 Å². The second-order valence-electron chi connectivity index (χ2n) is 11.5. The Morgan fingerprint density at radius 2 is 1.15 bits per heavy atom. The number of para-hydroxylation sites is 1. The van der Waals surface area contributed by atoms with Crippen LogP contribution in [-0.4, -0.2) is 65.1 Å². The minimum Gasteiger partial charge on any atom is -0.478 e. The lowest BCUT2D eigenvalue weighted by molar-refractivity contribution is -0.0525. The van der Waals surface area contributed by atoms with Crippen molar-refractivity contribution < 1.29 is 33.6 Å². The second kappa shape index (κ2) is 14.3. The Morgan fingerprint density at radius 1 is 0.688 bits per heavy atom. The summed E-state index contributed by atoms with van der Waals surface area (Å²) in [6.45, 7) is 6.44. The molecule has 2 aliphatic heterocycles. The molecule has 0 aliphatic carbocycles. The number of ether oxygens (including phenoxy) is 4. The fourth-order valence-electron chi connectivity index (χ4n) is 5.77. The van der Waals surface area contributed by atoms with E-state index in [0.29, 0.717) is 66.0 Å². The number of pyridine rings is 2. The maximum absolute atomic E-state index is 12.8. The van der Waals surface area contributed by atoms with E-state index in [-0.39, 0.29) is 29.1 Å². The van der Waals surface area contributed by atoms with Crippen molar-refractivity contribution in [2.75, 3.05) is 31.7 Å². The van der Waals surface area contributed by atoms with Crippen molar-refractivity contribution in [2.45, 2.75) is 39.5 Å². The van der Waals surface area contributed by atoms with Gasteiger partial charge in [-0.1, -0.05) is 42.5 Å². The van der Waals surface area contributed by atoms with Crippen molar-refractivity contribution in [1.82, 2.24) is 9.13 Å². The van der Waals surface area contributed by atoms with Crippen molar-refractivity contribution >= 4 is 39.4 Å². The van der Waals surface area contributed by atoms with Crippen LogP contribution in [0.25, 0.3) is 21.8 Å². The summed E-state index contributed by atoms with van der Waals surface area (Å²) in [5, 5.41) is 13.4. The molecule has 3 aromatic carbocycles. The topological polar surface area (TPSA) is 147 Å². The number of aryl methyl sites for hydroxylation is 2. The predicted octanol–water partition coefficient (Wildman–Crippen LogP) is 4.32. The van der Waals surface area contributed by atoms with Crippen molar-refractivity contribution in [3.63, 3.8) is 0 Å². The number of amides is 1. The van der Waals surface area contributed by atoms with Gasteiger partial charge in [-0.25, -0.2) is 4.79 Å². The third-order valence-electron chi connectivity index (χ3n) is 8.09. The predicted molar refractivity (Wildman–Crippen MR) is 179 cm³/mol. The lowest BCUT2D eigenvalue weighted by Crippen LogP contribution is -2.29. The number of carbonyl (C=O) groups is 2. The number of benzene rings is 3. The number of carbonyl (C=O) groups excluding carboxylic acids is 1. The SMILES string of the molecule is Cc1ccc2c(C(=O)Nc3ccccc3)cc(=O)n(CC3OCCO3)c2c1.Cc1ccc2c(C(=O)O)cc(=O)n(CC3OCCO3)c2c1. The van der Waals surface area contributed by atoms with E-state index >= 15 is 0 Å². The molecule has 2 aliphatic rings. The molecule has 4 heterocycles. The van der Waals surface area contributed by atoms with Crippen molar-refractivity contribution in [1.29, 1.82) is 0 Å². The van der Waals surface area contributed by atoms with E-state index in [9.17, 15) is 24.3 Å². The van der Waals surface area contributed by atoms with E-state index in [2.05, 4.69) is 5.32 Å². The molecular formula is C36H35N3O9. The van der Waals surface area contributed by atoms with Crippen LogP contribution in [0.4, 0.5) is 5.69 Å². The summed E-state index contributed by atoms with van der Waals surface area (Å²) in [6.07, 6.45) is -0.919. The zero-order chi connectivity index (χ0) is 33.8. The molecule has 2 N–H and O–H groups in total. The van der Waals surface area contributed by atoms with Gasteiger partial charge in [0.1, 0.15) is 0 Å². The first-order chi connectivity index (χ1) is 23.2. The highest BCUT2D eigenvalue weighted by Gasteiger charge is 2.22. The molecule has 0 atom stereocenters. The zero-order valence-electron chi connectivity index (χ0n) is 26.5. The third-order valence-corrected chi connectivity index (χ3v) is 8.09. The first-order valence-corrected chi connectivity index (χ1v) is 15.5. The number of carboxylic acids is 1. The molecule has 12 nitrogen and oxygen atoms in total. The Balaban J connectivity index is 0.000000173. The molecule has 12 heteroatoms. The van der Waals surface area contributed by atoms with Gasteiger partial charge in [0.05, 0.1) is 61.7 Å². The maximum atomic E-state index is 12.8. The van der Waals surface area contributed by atoms with Crippen LogP contribution in [0.1, 0.15) is 31.8 Å². The first kappa shape index (κ1) is 32.8. The van der Waals surface area contributed by atoms with Crippen LogP contribution >= 0.6 is 0 Å². The fraction of sp³-hybridized carbons (Fsp3) is 0.278. The molecule has 2 fully saturated rings. The van der Waals surface area contributed by atoms with Crippen LogP contribution in [0.2, 0.25) is 0 Å². The van der Waals surface area contributed by atoms with Gasteiger partial charge in [-0.2, -0.15) is 0 Å². The van der Waals surface area contributed by atoms with Crippen LogP contribution in [0.15, 0.2) is 88.5 Å². The highest BCUT2D eigenvalue weighted by Crippen LogP contribution is 2.22. The van der Waals surface area contributed by atoms with Gasteiger partial charge in [0, 0.05) is 28.6 Å². The molecule has 1 amide bonds. The Hall–Kier alpha value is -5.14. The van der Waals surface area contributed by atoms with E-state index < -0.39 is 18.5 Å². The highest BCUT2D eigenvalue weighted by molar-refractivity contribution is 6.12. The summed E-state index contributed by atoms with van der Waals surface area (Å²) in [5.74, 6) is -1.42. The lowest BCUT2D eigenvalue weighted by Gasteiger charge is -2.16. The zero-order valence-corrected chi connectivity index (χ0v) is 26.5.